The zero-order valence-electron chi connectivity index (χ0n) is 10.8. The molecule has 5 heteroatoms. The molecule has 0 fully saturated rings. The predicted octanol–water partition coefficient (Wildman–Crippen LogP) is 3.46. The topological polar surface area (TPSA) is 53.1 Å². The first-order chi connectivity index (χ1) is 9.16. The van der Waals surface area contributed by atoms with Gasteiger partial charge in [-0.15, -0.1) is 0 Å². The van der Waals surface area contributed by atoms with Crippen LogP contribution in [-0.4, -0.2) is 15.7 Å². The molecule has 0 bridgehead atoms. The Balaban J connectivity index is 2.23. The SMILES string of the molecule is CC(C)Oc1cccc2c1nc(N)n2-c1ccsc1. The van der Waals surface area contributed by atoms with Crippen LogP contribution in [-0.2, 0) is 0 Å². The van der Waals surface area contributed by atoms with Gasteiger partial charge in [0, 0.05) is 5.38 Å². The normalized spacial score (nSPS) is 11.3. The van der Waals surface area contributed by atoms with E-state index in [0.717, 1.165) is 22.5 Å². The molecule has 0 aliphatic heterocycles. The Morgan fingerprint density at radius 3 is 2.84 bits per heavy atom. The zero-order valence-corrected chi connectivity index (χ0v) is 11.6. The summed E-state index contributed by atoms with van der Waals surface area (Å²) in [6, 6.07) is 7.92. The van der Waals surface area contributed by atoms with Gasteiger partial charge in [-0.05, 0) is 37.4 Å². The number of nitrogens with two attached hydrogens (primary N) is 1. The van der Waals surface area contributed by atoms with Crippen LogP contribution in [0.3, 0.4) is 0 Å². The van der Waals surface area contributed by atoms with Crippen LogP contribution in [0.15, 0.2) is 35.0 Å². The lowest BCUT2D eigenvalue weighted by atomic mass is 10.3. The van der Waals surface area contributed by atoms with E-state index in [0.29, 0.717) is 5.95 Å². The Labute approximate surface area is 115 Å². The van der Waals surface area contributed by atoms with E-state index in [9.17, 15) is 0 Å². The minimum absolute atomic E-state index is 0.109. The van der Waals surface area contributed by atoms with Crippen LogP contribution in [0.4, 0.5) is 5.95 Å². The number of anilines is 1. The lowest BCUT2D eigenvalue weighted by molar-refractivity contribution is 0.245. The Morgan fingerprint density at radius 1 is 1.32 bits per heavy atom. The van der Waals surface area contributed by atoms with Crippen molar-refractivity contribution in [3.05, 3.63) is 35.0 Å². The highest BCUT2D eigenvalue weighted by Gasteiger charge is 2.14. The maximum atomic E-state index is 6.05. The monoisotopic (exact) mass is 273 g/mol. The van der Waals surface area contributed by atoms with Crippen LogP contribution in [0, 0.1) is 0 Å². The summed E-state index contributed by atoms with van der Waals surface area (Å²) in [5.74, 6) is 1.25. The van der Waals surface area contributed by atoms with Crippen LogP contribution in [0.1, 0.15) is 13.8 Å². The van der Waals surface area contributed by atoms with Crippen LogP contribution in [0.5, 0.6) is 5.75 Å². The second-order valence-corrected chi connectivity index (χ2v) is 5.36. The zero-order chi connectivity index (χ0) is 13.4. The summed E-state index contributed by atoms with van der Waals surface area (Å²) < 4.78 is 7.73. The fourth-order valence-electron chi connectivity index (χ4n) is 2.10. The van der Waals surface area contributed by atoms with Crippen molar-refractivity contribution in [1.29, 1.82) is 0 Å². The number of hydrogen-bond donors (Lipinski definition) is 1. The number of fused-ring (bicyclic) bond motifs is 1. The number of aromatic nitrogens is 2. The molecule has 0 saturated heterocycles. The first-order valence-electron chi connectivity index (χ1n) is 6.13. The Hall–Kier alpha value is -2.01. The quantitative estimate of drug-likeness (QED) is 0.795. The van der Waals surface area contributed by atoms with Crippen molar-refractivity contribution in [2.45, 2.75) is 20.0 Å². The van der Waals surface area contributed by atoms with E-state index in [2.05, 4.69) is 4.98 Å². The fourth-order valence-corrected chi connectivity index (χ4v) is 2.72. The molecule has 0 unspecified atom stereocenters. The third kappa shape index (κ3) is 2.06. The minimum atomic E-state index is 0.109. The van der Waals surface area contributed by atoms with Crippen LogP contribution >= 0.6 is 11.3 Å². The lowest BCUT2D eigenvalue weighted by Crippen LogP contribution is -2.05. The Morgan fingerprint density at radius 2 is 2.16 bits per heavy atom. The third-order valence-electron chi connectivity index (χ3n) is 2.80. The van der Waals surface area contributed by atoms with Gasteiger partial charge in [0.15, 0.2) is 0 Å². The molecule has 1 aromatic carbocycles. The Kier molecular flexibility index (Phi) is 2.91. The molecule has 3 rings (SSSR count). The third-order valence-corrected chi connectivity index (χ3v) is 3.47. The highest BCUT2D eigenvalue weighted by molar-refractivity contribution is 7.08. The molecule has 2 heterocycles. The highest BCUT2D eigenvalue weighted by Crippen LogP contribution is 2.30. The van der Waals surface area contributed by atoms with Crippen LogP contribution in [0.2, 0.25) is 0 Å². The largest absolute Gasteiger partial charge is 0.489 e. The molecule has 19 heavy (non-hydrogen) atoms. The standard InChI is InChI=1S/C14H15N3OS/c1-9(2)18-12-5-3-4-11-13(12)16-14(15)17(11)10-6-7-19-8-10/h3-9H,1-2H3,(H2,15,16). The van der Waals surface area contributed by atoms with Gasteiger partial charge in [-0.3, -0.25) is 4.57 Å². The number of nitrogens with zero attached hydrogens (tertiary/aromatic N) is 2. The van der Waals surface area contributed by atoms with E-state index in [1.807, 2.05) is 53.4 Å². The summed E-state index contributed by atoms with van der Waals surface area (Å²) in [6.45, 7) is 4.00. The van der Waals surface area contributed by atoms with Crippen molar-refractivity contribution in [3.63, 3.8) is 0 Å². The number of hydrogen-bond acceptors (Lipinski definition) is 4. The van der Waals surface area contributed by atoms with E-state index in [1.54, 1.807) is 11.3 Å². The van der Waals surface area contributed by atoms with Gasteiger partial charge in [0.1, 0.15) is 11.3 Å². The van der Waals surface area contributed by atoms with E-state index in [1.165, 1.54) is 0 Å². The molecule has 2 N–H and O–H groups in total. The summed E-state index contributed by atoms with van der Waals surface area (Å²) in [4.78, 5) is 4.44. The lowest BCUT2D eigenvalue weighted by Gasteiger charge is -2.10. The molecule has 0 atom stereocenters. The van der Waals surface area contributed by atoms with Crippen molar-refractivity contribution in [1.82, 2.24) is 9.55 Å². The van der Waals surface area contributed by atoms with Gasteiger partial charge in [0.2, 0.25) is 5.95 Å². The molecule has 0 spiro atoms. The van der Waals surface area contributed by atoms with Crippen molar-refractivity contribution in [3.8, 4) is 11.4 Å². The highest BCUT2D eigenvalue weighted by atomic mass is 32.1. The molecule has 0 aliphatic rings. The molecule has 0 radical (unpaired) electrons. The molecule has 0 saturated carbocycles. The molecule has 2 aromatic heterocycles. The number of ether oxygens (including phenoxy) is 1. The molecule has 0 amide bonds. The van der Waals surface area contributed by atoms with Crippen molar-refractivity contribution in [2.75, 3.05) is 5.73 Å². The number of rotatable bonds is 3. The summed E-state index contributed by atoms with van der Waals surface area (Å²) in [5, 5.41) is 4.07. The number of para-hydroxylation sites is 1. The fraction of sp³-hybridized carbons (Fsp3) is 0.214. The van der Waals surface area contributed by atoms with E-state index < -0.39 is 0 Å². The minimum Gasteiger partial charge on any atom is -0.489 e. The molecule has 4 nitrogen and oxygen atoms in total. The molecule has 0 aliphatic carbocycles. The molecular formula is C14H15N3OS. The predicted molar refractivity (Wildman–Crippen MR) is 79.1 cm³/mol. The summed E-state index contributed by atoms with van der Waals surface area (Å²) in [5.41, 5.74) is 8.85. The molecule has 98 valence electrons. The smallest absolute Gasteiger partial charge is 0.206 e. The van der Waals surface area contributed by atoms with E-state index in [4.69, 9.17) is 10.5 Å². The van der Waals surface area contributed by atoms with Gasteiger partial charge in [0.25, 0.3) is 0 Å². The van der Waals surface area contributed by atoms with Crippen molar-refractivity contribution < 1.29 is 4.74 Å². The van der Waals surface area contributed by atoms with Gasteiger partial charge in [-0.25, -0.2) is 4.98 Å². The number of imidazole rings is 1. The first kappa shape index (κ1) is 12.0. The molecular weight excluding hydrogens is 258 g/mol. The van der Waals surface area contributed by atoms with Crippen molar-refractivity contribution >= 4 is 28.3 Å². The maximum absolute atomic E-state index is 6.05. The molecule has 3 aromatic rings. The number of thiophene rings is 1. The van der Waals surface area contributed by atoms with Gasteiger partial charge >= 0.3 is 0 Å². The number of benzene rings is 1. The average Bonchev–Trinajstić information content (AvgIpc) is 2.95. The maximum Gasteiger partial charge on any atom is 0.206 e. The van der Waals surface area contributed by atoms with Crippen LogP contribution in [0.25, 0.3) is 16.7 Å². The summed E-state index contributed by atoms with van der Waals surface area (Å²) in [7, 11) is 0. The van der Waals surface area contributed by atoms with Gasteiger partial charge < -0.3 is 10.5 Å². The number of nitrogen functional groups attached to an aromatic ring is 1. The summed E-state index contributed by atoms with van der Waals surface area (Å²) in [6.07, 6.45) is 0.109. The first-order valence-corrected chi connectivity index (χ1v) is 7.07. The average molecular weight is 273 g/mol. The second-order valence-electron chi connectivity index (χ2n) is 4.58. The van der Waals surface area contributed by atoms with Crippen LogP contribution < -0.4 is 10.5 Å². The summed E-state index contributed by atoms with van der Waals surface area (Å²) >= 11 is 1.63. The van der Waals surface area contributed by atoms with Crippen molar-refractivity contribution in [2.24, 2.45) is 0 Å². The van der Waals surface area contributed by atoms with E-state index in [-0.39, 0.29) is 6.10 Å². The van der Waals surface area contributed by atoms with E-state index >= 15 is 0 Å². The van der Waals surface area contributed by atoms with Gasteiger partial charge in [-0.1, -0.05) is 6.07 Å². The van der Waals surface area contributed by atoms with Gasteiger partial charge in [-0.2, -0.15) is 11.3 Å². The second kappa shape index (κ2) is 4.59. The van der Waals surface area contributed by atoms with Gasteiger partial charge in [0.05, 0.1) is 17.3 Å². The Bertz CT molecular complexity index is 701.